The Kier molecular flexibility index (Phi) is 2.57. The van der Waals surface area contributed by atoms with Crippen LogP contribution in [0.4, 0.5) is 0 Å². The van der Waals surface area contributed by atoms with Gasteiger partial charge in [-0.25, -0.2) is 0 Å². The molecule has 2 unspecified atom stereocenters. The lowest BCUT2D eigenvalue weighted by Crippen LogP contribution is -2.31. The van der Waals surface area contributed by atoms with E-state index in [9.17, 15) is 0 Å². The van der Waals surface area contributed by atoms with Crippen molar-refractivity contribution in [2.75, 3.05) is 20.3 Å². The van der Waals surface area contributed by atoms with Gasteiger partial charge in [-0.2, -0.15) is 20.4 Å². The van der Waals surface area contributed by atoms with Crippen molar-refractivity contribution >= 4 is 0 Å². The molecule has 8 nitrogen and oxygen atoms in total. The van der Waals surface area contributed by atoms with Crippen LogP contribution in [0.15, 0.2) is 10.7 Å². The lowest BCUT2D eigenvalue weighted by molar-refractivity contribution is 0.185. The van der Waals surface area contributed by atoms with E-state index >= 15 is 0 Å². The minimum absolute atomic E-state index is 0.0909. The summed E-state index contributed by atoms with van der Waals surface area (Å²) in [4.78, 5) is 4.31. The molecule has 0 radical (unpaired) electrons. The molecule has 0 bridgehead atoms. The Morgan fingerprint density at radius 3 is 3.18 bits per heavy atom. The number of nitrogens with zero attached hydrogens (tertiary/aromatic N) is 4. The summed E-state index contributed by atoms with van der Waals surface area (Å²) in [6.45, 7) is 1.24. The molecule has 90 valence electrons. The number of hydrogen-bond acceptors (Lipinski definition) is 7. The zero-order valence-corrected chi connectivity index (χ0v) is 9.25. The smallest absolute Gasteiger partial charge is 0.234 e. The van der Waals surface area contributed by atoms with Gasteiger partial charge in [0.25, 0.3) is 0 Å². The molecule has 2 N–H and O–H groups in total. The molecule has 3 rings (SSSR count). The Hall–Kier alpha value is -1.80. The average molecular weight is 236 g/mol. The molecule has 1 saturated heterocycles. The number of H-pyrrole nitrogens is 1. The molecule has 3 heterocycles. The van der Waals surface area contributed by atoms with Gasteiger partial charge < -0.3 is 14.6 Å². The third-order valence-corrected chi connectivity index (χ3v) is 2.85. The molecule has 0 saturated carbocycles. The Bertz CT molecular complexity index is 481. The lowest BCUT2D eigenvalue weighted by Gasteiger charge is -2.11. The monoisotopic (exact) mass is 236 g/mol. The normalized spacial score (nSPS) is 24.3. The number of rotatable bonds is 3. The first kappa shape index (κ1) is 10.4. The van der Waals surface area contributed by atoms with Gasteiger partial charge in [0, 0.05) is 6.04 Å². The van der Waals surface area contributed by atoms with Crippen LogP contribution in [0.5, 0.6) is 0 Å². The molecule has 2 aromatic heterocycles. The number of ether oxygens (including phenoxy) is 1. The number of nitrogens with one attached hydrogen (secondary N) is 2. The van der Waals surface area contributed by atoms with E-state index in [1.165, 1.54) is 0 Å². The maximum atomic E-state index is 5.39. The first-order valence-electron chi connectivity index (χ1n) is 5.33. The summed E-state index contributed by atoms with van der Waals surface area (Å²) in [6.07, 6.45) is 1.55. The molecular weight excluding hydrogens is 224 g/mol. The van der Waals surface area contributed by atoms with Crippen LogP contribution in [0.3, 0.4) is 0 Å². The van der Waals surface area contributed by atoms with Crippen LogP contribution in [0.2, 0.25) is 0 Å². The summed E-state index contributed by atoms with van der Waals surface area (Å²) in [7, 11) is 1.89. The van der Waals surface area contributed by atoms with E-state index < -0.39 is 0 Å². The largest absolute Gasteiger partial charge is 0.379 e. The molecule has 17 heavy (non-hydrogen) atoms. The lowest BCUT2D eigenvalue weighted by atomic mass is 10.0. The summed E-state index contributed by atoms with van der Waals surface area (Å²) in [5.41, 5.74) is 0.569. The third kappa shape index (κ3) is 1.81. The van der Waals surface area contributed by atoms with Gasteiger partial charge in [-0.1, -0.05) is 5.16 Å². The molecule has 1 aliphatic heterocycles. The highest BCUT2D eigenvalue weighted by atomic mass is 16.5. The number of aromatic amines is 1. The first-order chi connectivity index (χ1) is 8.38. The zero-order chi connectivity index (χ0) is 11.7. The molecule has 0 aliphatic carbocycles. The Balaban J connectivity index is 1.85. The van der Waals surface area contributed by atoms with Gasteiger partial charge in [0.15, 0.2) is 5.69 Å². The van der Waals surface area contributed by atoms with Gasteiger partial charge >= 0.3 is 0 Å². The summed E-state index contributed by atoms with van der Waals surface area (Å²) >= 11 is 0. The van der Waals surface area contributed by atoms with E-state index in [1.54, 1.807) is 6.20 Å². The van der Waals surface area contributed by atoms with Crippen molar-refractivity contribution in [3.63, 3.8) is 0 Å². The van der Waals surface area contributed by atoms with Crippen molar-refractivity contribution < 1.29 is 9.26 Å². The second-order valence-electron chi connectivity index (χ2n) is 3.85. The maximum Gasteiger partial charge on any atom is 0.234 e. The molecule has 0 amide bonds. The SMILES string of the molecule is CNC1COCC1c1nc(-c2cn[nH]n2)no1. The molecule has 0 aromatic carbocycles. The van der Waals surface area contributed by atoms with E-state index in [0.717, 1.165) is 0 Å². The standard InChI is InChI=1S/C9H12N6O2/c1-10-7-4-16-3-5(7)9-12-8(14-17-9)6-2-11-15-13-6/h2,5,7,10H,3-4H2,1H3,(H,11,13,15). The fraction of sp³-hybridized carbons (Fsp3) is 0.556. The number of hydrogen-bond donors (Lipinski definition) is 2. The molecule has 0 spiro atoms. The van der Waals surface area contributed by atoms with Crippen molar-refractivity contribution in [2.45, 2.75) is 12.0 Å². The van der Waals surface area contributed by atoms with Crippen LogP contribution in [0.1, 0.15) is 11.8 Å². The van der Waals surface area contributed by atoms with E-state index in [0.29, 0.717) is 30.6 Å². The maximum absolute atomic E-state index is 5.39. The minimum Gasteiger partial charge on any atom is -0.379 e. The van der Waals surface area contributed by atoms with Crippen molar-refractivity contribution in [3.05, 3.63) is 12.1 Å². The molecule has 1 fully saturated rings. The summed E-state index contributed by atoms with van der Waals surface area (Å²) in [5.74, 6) is 1.10. The number of likely N-dealkylation sites (N-methyl/N-ethyl adjacent to an activating group) is 1. The fourth-order valence-electron chi connectivity index (χ4n) is 1.88. The summed E-state index contributed by atoms with van der Waals surface area (Å²) < 4.78 is 10.6. The van der Waals surface area contributed by atoms with Crippen LogP contribution in [-0.4, -0.2) is 51.9 Å². The predicted molar refractivity (Wildman–Crippen MR) is 56.1 cm³/mol. The van der Waals surface area contributed by atoms with E-state index in [-0.39, 0.29) is 12.0 Å². The second-order valence-corrected chi connectivity index (χ2v) is 3.85. The molecular formula is C9H12N6O2. The van der Waals surface area contributed by atoms with Gasteiger partial charge in [-0.15, -0.1) is 0 Å². The van der Waals surface area contributed by atoms with Crippen LogP contribution in [-0.2, 0) is 4.74 Å². The predicted octanol–water partition coefficient (Wildman–Crippen LogP) is -0.444. The van der Waals surface area contributed by atoms with Crippen molar-refractivity contribution in [1.29, 1.82) is 0 Å². The van der Waals surface area contributed by atoms with Gasteiger partial charge in [0.05, 0.1) is 25.3 Å². The molecule has 2 aromatic rings. The van der Waals surface area contributed by atoms with Gasteiger partial charge in [0.1, 0.15) is 0 Å². The van der Waals surface area contributed by atoms with Crippen LogP contribution in [0, 0.1) is 0 Å². The number of aromatic nitrogens is 5. The van der Waals surface area contributed by atoms with Gasteiger partial charge in [-0.05, 0) is 7.05 Å². The quantitative estimate of drug-likeness (QED) is 0.744. The van der Waals surface area contributed by atoms with Gasteiger partial charge in [0.2, 0.25) is 11.7 Å². The Morgan fingerprint density at radius 2 is 2.41 bits per heavy atom. The summed E-state index contributed by atoms with van der Waals surface area (Å²) in [6, 6.07) is 0.209. The van der Waals surface area contributed by atoms with E-state index in [1.807, 2.05) is 7.05 Å². The first-order valence-corrected chi connectivity index (χ1v) is 5.33. The third-order valence-electron chi connectivity index (χ3n) is 2.85. The minimum atomic E-state index is 0.0909. The zero-order valence-electron chi connectivity index (χ0n) is 9.25. The Morgan fingerprint density at radius 1 is 1.47 bits per heavy atom. The van der Waals surface area contributed by atoms with Crippen LogP contribution in [0.25, 0.3) is 11.5 Å². The summed E-state index contributed by atoms with van der Waals surface area (Å²) in [5, 5.41) is 17.2. The highest BCUT2D eigenvalue weighted by Gasteiger charge is 2.33. The van der Waals surface area contributed by atoms with Crippen molar-refractivity contribution in [1.82, 2.24) is 30.9 Å². The van der Waals surface area contributed by atoms with Crippen LogP contribution >= 0.6 is 0 Å². The Labute approximate surface area is 96.7 Å². The van der Waals surface area contributed by atoms with Crippen molar-refractivity contribution in [3.8, 4) is 11.5 Å². The van der Waals surface area contributed by atoms with Gasteiger partial charge in [-0.3, -0.25) is 0 Å². The van der Waals surface area contributed by atoms with E-state index in [4.69, 9.17) is 9.26 Å². The molecule has 2 atom stereocenters. The topological polar surface area (TPSA) is 102 Å². The van der Waals surface area contributed by atoms with E-state index in [2.05, 4.69) is 30.9 Å². The van der Waals surface area contributed by atoms with Crippen molar-refractivity contribution in [2.24, 2.45) is 0 Å². The average Bonchev–Trinajstić information content (AvgIpc) is 3.09. The molecule has 1 aliphatic rings. The highest BCUT2D eigenvalue weighted by molar-refractivity contribution is 5.44. The molecule has 8 heteroatoms. The second kappa shape index (κ2) is 4.22. The highest BCUT2D eigenvalue weighted by Crippen LogP contribution is 2.25. The van der Waals surface area contributed by atoms with Crippen LogP contribution < -0.4 is 5.32 Å². The fourth-order valence-corrected chi connectivity index (χ4v) is 1.88.